The molecule has 0 aromatic carbocycles. The fourth-order valence-electron chi connectivity index (χ4n) is 3.07. The van der Waals surface area contributed by atoms with Crippen LogP contribution >= 0.6 is 0 Å². The van der Waals surface area contributed by atoms with Gasteiger partial charge in [-0.2, -0.15) is 0 Å². The molecule has 0 aromatic rings. The predicted octanol–water partition coefficient (Wildman–Crippen LogP) is 5.91. The molecule has 0 bridgehead atoms. The Morgan fingerprint density at radius 3 is 2.19 bits per heavy atom. The van der Waals surface area contributed by atoms with Crippen molar-refractivity contribution in [3.05, 3.63) is 23.5 Å². The van der Waals surface area contributed by atoms with Gasteiger partial charge in [0.25, 0.3) is 0 Å². The molecular formula is C23H39NO3. The first-order chi connectivity index (χ1) is 12.6. The summed E-state index contributed by atoms with van der Waals surface area (Å²) in [5, 5.41) is 7.84. The number of hydrogen-bond donors (Lipinski definition) is 1. The molecule has 0 rings (SSSR count). The lowest BCUT2D eigenvalue weighted by molar-refractivity contribution is -0.120. The Labute approximate surface area is 166 Å². The molecule has 4 nitrogen and oxygen atoms in total. The summed E-state index contributed by atoms with van der Waals surface area (Å²) in [6.45, 7) is 14.2. The predicted molar refractivity (Wildman–Crippen MR) is 113 cm³/mol. The van der Waals surface area contributed by atoms with E-state index < -0.39 is 0 Å². The van der Waals surface area contributed by atoms with E-state index in [0.29, 0.717) is 43.1 Å². The van der Waals surface area contributed by atoms with Crippen molar-refractivity contribution in [1.82, 2.24) is 0 Å². The molecule has 0 aromatic heterocycles. The van der Waals surface area contributed by atoms with Gasteiger partial charge in [-0.1, -0.05) is 46.8 Å². The summed E-state index contributed by atoms with van der Waals surface area (Å²) in [6, 6.07) is 0. The van der Waals surface area contributed by atoms with Gasteiger partial charge >= 0.3 is 0 Å². The highest BCUT2D eigenvalue weighted by Gasteiger charge is 2.25. The van der Waals surface area contributed by atoms with Crippen LogP contribution in [0.3, 0.4) is 0 Å². The van der Waals surface area contributed by atoms with E-state index in [1.54, 1.807) is 0 Å². The number of nitrogens with one attached hydrogen (secondary N) is 1. The summed E-state index contributed by atoms with van der Waals surface area (Å²) >= 11 is 0. The summed E-state index contributed by atoms with van der Waals surface area (Å²) in [5.74, 6) is 1.10. The zero-order valence-corrected chi connectivity index (χ0v) is 18.4. The molecule has 0 amide bonds. The van der Waals surface area contributed by atoms with E-state index in [1.807, 2.05) is 47.6 Å². The molecule has 0 radical (unpaired) electrons. The maximum absolute atomic E-state index is 12.8. The summed E-state index contributed by atoms with van der Waals surface area (Å²) < 4.78 is 6.00. The van der Waals surface area contributed by atoms with Crippen molar-refractivity contribution < 1.29 is 14.3 Å². The van der Waals surface area contributed by atoms with Crippen molar-refractivity contribution in [3.63, 3.8) is 0 Å². The van der Waals surface area contributed by atoms with Gasteiger partial charge in [0.05, 0.1) is 12.3 Å². The molecule has 154 valence electrons. The van der Waals surface area contributed by atoms with E-state index >= 15 is 0 Å². The second-order valence-corrected chi connectivity index (χ2v) is 8.00. The minimum absolute atomic E-state index is 0.0153. The van der Waals surface area contributed by atoms with E-state index in [1.165, 1.54) is 6.92 Å². The van der Waals surface area contributed by atoms with Crippen LogP contribution in [0.2, 0.25) is 0 Å². The number of Topliss-reactive ketones (excluding diaryl/α,β-unsaturated/α-hetero) is 2. The van der Waals surface area contributed by atoms with Crippen LogP contribution in [0.4, 0.5) is 0 Å². The Morgan fingerprint density at radius 1 is 1.07 bits per heavy atom. The zero-order valence-electron chi connectivity index (χ0n) is 18.4. The number of carbonyl (C=O) groups excluding carboxylic acids is 2. The molecule has 0 heterocycles. The summed E-state index contributed by atoms with van der Waals surface area (Å²) in [5.41, 5.74) is 0.583. The van der Waals surface area contributed by atoms with Gasteiger partial charge in [0.1, 0.15) is 11.5 Å². The topological polar surface area (TPSA) is 67.2 Å². The van der Waals surface area contributed by atoms with E-state index in [0.717, 1.165) is 12.8 Å². The van der Waals surface area contributed by atoms with Crippen LogP contribution in [0.15, 0.2) is 23.5 Å². The van der Waals surface area contributed by atoms with Crippen molar-refractivity contribution in [2.75, 3.05) is 6.61 Å². The molecule has 0 aliphatic carbocycles. The third-order valence-electron chi connectivity index (χ3n) is 4.31. The van der Waals surface area contributed by atoms with Gasteiger partial charge in [0, 0.05) is 24.3 Å². The average Bonchev–Trinajstić information content (AvgIpc) is 2.57. The smallest absolute Gasteiger partial charge is 0.205 e. The molecule has 0 saturated heterocycles. The van der Waals surface area contributed by atoms with Crippen LogP contribution in [-0.4, -0.2) is 23.9 Å². The third kappa shape index (κ3) is 10.3. The Hall–Kier alpha value is -1.71. The molecule has 0 aliphatic heterocycles. The quantitative estimate of drug-likeness (QED) is 0.177. The number of ketones is 2. The highest BCUT2D eigenvalue weighted by Crippen LogP contribution is 2.28. The normalized spacial score (nSPS) is 14.8. The van der Waals surface area contributed by atoms with Gasteiger partial charge in [0.15, 0.2) is 0 Å². The van der Waals surface area contributed by atoms with Gasteiger partial charge in [-0.15, -0.1) is 0 Å². The van der Waals surface area contributed by atoms with Crippen LogP contribution in [0.1, 0.15) is 80.6 Å². The average molecular weight is 378 g/mol. The highest BCUT2D eigenvalue weighted by molar-refractivity contribution is 6.44. The molecule has 0 spiro atoms. The molecule has 0 fully saturated rings. The maximum Gasteiger partial charge on any atom is 0.205 e. The van der Waals surface area contributed by atoms with Gasteiger partial charge in [-0.25, -0.2) is 0 Å². The second-order valence-electron chi connectivity index (χ2n) is 8.00. The number of hydrogen-bond acceptors (Lipinski definition) is 4. The van der Waals surface area contributed by atoms with Gasteiger partial charge in [0.2, 0.25) is 5.78 Å². The maximum atomic E-state index is 12.8. The molecule has 27 heavy (non-hydrogen) atoms. The van der Waals surface area contributed by atoms with E-state index in [4.69, 9.17) is 10.1 Å². The summed E-state index contributed by atoms with van der Waals surface area (Å²) in [6.07, 6.45) is 7.18. The highest BCUT2D eigenvalue weighted by atomic mass is 16.5. The molecule has 0 aliphatic rings. The lowest BCUT2D eigenvalue weighted by atomic mass is 9.87. The minimum Gasteiger partial charge on any atom is -0.497 e. The van der Waals surface area contributed by atoms with Crippen molar-refractivity contribution in [3.8, 4) is 0 Å². The Kier molecular flexibility index (Phi) is 12.6. The minimum atomic E-state index is -0.267. The second kappa shape index (κ2) is 13.5. The monoisotopic (exact) mass is 377 g/mol. The molecule has 0 saturated carbocycles. The lowest BCUT2D eigenvalue weighted by Gasteiger charge is -2.22. The van der Waals surface area contributed by atoms with E-state index in [-0.39, 0.29) is 29.1 Å². The molecule has 2 unspecified atom stereocenters. The fraction of sp³-hybridized carbons (Fsp3) is 0.696. The van der Waals surface area contributed by atoms with Crippen LogP contribution < -0.4 is 0 Å². The molecule has 2 atom stereocenters. The van der Waals surface area contributed by atoms with Crippen LogP contribution in [0.25, 0.3) is 0 Å². The SMILES string of the molecule is CC=CCC(C)/C(OCCC)=C(/CC(C)CC(=O)CC(C)C)C(=O)C(C)=N. The zero-order chi connectivity index (χ0) is 21.0. The molecular weight excluding hydrogens is 338 g/mol. The molecule has 4 heteroatoms. The van der Waals surface area contributed by atoms with Crippen molar-refractivity contribution >= 4 is 17.3 Å². The first-order valence-corrected chi connectivity index (χ1v) is 10.2. The van der Waals surface area contributed by atoms with Gasteiger partial charge in [-0.05, 0) is 44.9 Å². The van der Waals surface area contributed by atoms with Gasteiger partial charge in [-0.3, -0.25) is 9.59 Å². The first kappa shape index (κ1) is 25.3. The van der Waals surface area contributed by atoms with E-state index in [9.17, 15) is 9.59 Å². The Balaban J connectivity index is 5.69. The largest absolute Gasteiger partial charge is 0.497 e. The van der Waals surface area contributed by atoms with Crippen LogP contribution in [0.5, 0.6) is 0 Å². The standard InChI is InChI=1S/C23H39NO3/c1-8-10-11-18(6)23(27-12-9-2)21(22(26)19(7)24)15-17(5)14-20(25)13-16(3)4/h8,10,16-18,24H,9,11-15H2,1-7H3/b10-8?,23-21+,24-19?. The number of ether oxygens (including phenoxy) is 1. The van der Waals surface area contributed by atoms with Gasteiger partial charge < -0.3 is 10.1 Å². The molecule has 1 N–H and O–H groups in total. The Bertz CT molecular complexity index is 558. The van der Waals surface area contributed by atoms with Crippen molar-refractivity contribution in [1.29, 1.82) is 5.41 Å². The fourth-order valence-corrected chi connectivity index (χ4v) is 3.07. The first-order valence-electron chi connectivity index (χ1n) is 10.2. The van der Waals surface area contributed by atoms with Crippen molar-refractivity contribution in [2.24, 2.45) is 17.8 Å². The number of rotatable bonds is 14. The Morgan fingerprint density at radius 2 is 1.70 bits per heavy atom. The van der Waals surface area contributed by atoms with Crippen molar-refractivity contribution in [2.45, 2.75) is 80.6 Å². The summed E-state index contributed by atoms with van der Waals surface area (Å²) in [7, 11) is 0. The third-order valence-corrected chi connectivity index (χ3v) is 4.31. The number of carbonyl (C=O) groups is 2. The van der Waals surface area contributed by atoms with Crippen LogP contribution in [0, 0.1) is 23.2 Å². The summed E-state index contributed by atoms with van der Waals surface area (Å²) in [4.78, 5) is 24.9. The van der Waals surface area contributed by atoms with Crippen LogP contribution in [-0.2, 0) is 14.3 Å². The number of allylic oxidation sites excluding steroid dienone is 4. The van der Waals surface area contributed by atoms with E-state index in [2.05, 4.69) is 6.08 Å². The lowest BCUT2D eigenvalue weighted by Crippen LogP contribution is -2.21.